The summed E-state index contributed by atoms with van der Waals surface area (Å²) in [6.07, 6.45) is 9.02. The number of aromatic nitrogens is 3. The molecule has 6 heteroatoms. The van der Waals surface area contributed by atoms with E-state index in [1.165, 1.54) is 17.8 Å². The van der Waals surface area contributed by atoms with Gasteiger partial charge in [-0.15, -0.1) is 10.2 Å². The van der Waals surface area contributed by atoms with E-state index in [4.69, 9.17) is 0 Å². The van der Waals surface area contributed by atoms with Gasteiger partial charge in [-0.25, -0.2) is 0 Å². The average molecular weight is 302 g/mol. The number of carbonyl (C=O) groups excluding carboxylic acids is 1. The highest BCUT2D eigenvalue weighted by atomic mass is 32.1. The number of pyridine rings is 1. The van der Waals surface area contributed by atoms with Crippen molar-refractivity contribution >= 4 is 22.4 Å². The third-order valence-electron chi connectivity index (χ3n) is 3.91. The van der Waals surface area contributed by atoms with E-state index in [2.05, 4.69) is 15.2 Å². The lowest BCUT2D eigenvalue weighted by atomic mass is 9.88. The van der Waals surface area contributed by atoms with E-state index < -0.39 is 0 Å². The number of carbonyl (C=O) groups is 1. The molecule has 0 radical (unpaired) electrons. The smallest absolute Gasteiger partial charge is 0.231 e. The minimum absolute atomic E-state index is 0.150. The molecule has 0 N–H and O–H groups in total. The Balaban J connectivity index is 1.74. The van der Waals surface area contributed by atoms with Crippen molar-refractivity contribution in [2.45, 2.75) is 32.1 Å². The molecule has 2 heterocycles. The third-order valence-corrected chi connectivity index (χ3v) is 4.96. The normalized spacial score (nSPS) is 15.9. The second-order valence-corrected chi connectivity index (χ2v) is 6.31. The highest BCUT2D eigenvalue weighted by molar-refractivity contribution is 7.18. The molecule has 2 aromatic rings. The quantitative estimate of drug-likeness (QED) is 0.874. The predicted molar refractivity (Wildman–Crippen MR) is 83.1 cm³/mol. The van der Waals surface area contributed by atoms with Crippen molar-refractivity contribution in [3.8, 4) is 10.6 Å². The molecule has 3 rings (SSSR count). The van der Waals surface area contributed by atoms with Gasteiger partial charge in [0.25, 0.3) is 0 Å². The van der Waals surface area contributed by atoms with Crippen molar-refractivity contribution in [2.75, 3.05) is 11.9 Å². The van der Waals surface area contributed by atoms with E-state index in [1.807, 2.05) is 12.1 Å². The molecule has 0 aromatic carbocycles. The van der Waals surface area contributed by atoms with Gasteiger partial charge in [0.2, 0.25) is 11.0 Å². The highest BCUT2D eigenvalue weighted by Gasteiger charge is 2.26. The van der Waals surface area contributed by atoms with Gasteiger partial charge in [-0.2, -0.15) is 0 Å². The number of hydrogen-bond acceptors (Lipinski definition) is 5. The van der Waals surface area contributed by atoms with Crippen molar-refractivity contribution < 1.29 is 4.79 Å². The first kappa shape index (κ1) is 14.1. The van der Waals surface area contributed by atoms with Crippen LogP contribution in [0.3, 0.4) is 0 Å². The largest absolute Gasteiger partial charge is 0.290 e. The molecule has 0 saturated heterocycles. The topological polar surface area (TPSA) is 59.0 Å². The summed E-state index contributed by atoms with van der Waals surface area (Å²) in [5.41, 5.74) is 0.979. The van der Waals surface area contributed by atoms with Crippen LogP contribution in [0.1, 0.15) is 32.1 Å². The number of nitrogens with zero attached hydrogens (tertiary/aromatic N) is 4. The fraction of sp³-hybridized carbons (Fsp3) is 0.467. The van der Waals surface area contributed by atoms with E-state index >= 15 is 0 Å². The van der Waals surface area contributed by atoms with Gasteiger partial charge in [0, 0.05) is 30.9 Å². The maximum atomic E-state index is 12.5. The molecular formula is C15H18N4OS. The van der Waals surface area contributed by atoms with Crippen LogP contribution < -0.4 is 4.90 Å². The van der Waals surface area contributed by atoms with Crippen LogP contribution in [0.4, 0.5) is 5.13 Å². The standard InChI is InChI=1S/C15H18N4OS/c1-19(14(20)12-5-3-2-4-6-12)15-18-17-13(21-15)11-7-9-16-10-8-11/h7-10,12H,2-6H2,1H3. The van der Waals surface area contributed by atoms with Gasteiger partial charge in [0.15, 0.2) is 0 Å². The predicted octanol–water partition coefficient (Wildman–Crippen LogP) is 3.14. The van der Waals surface area contributed by atoms with Gasteiger partial charge in [0.1, 0.15) is 5.01 Å². The highest BCUT2D eigenvalue weighted by Crippen LogP contribution is 2.31. The SMILES string of the molecule is CN(C(=O)C1CCCCC1)c1nnc(-c2ccncc2)s1. The molecule has 1 amide bonds. The van der Waals surface area contributed by atoms with Gasteiger partial charge in [0.05, 0.1) is 0 Å². The van der Waals surface area contributed by atoms with Crippen LogP contribution in [-0.2, 0) is 4.79 Å². The summed E-state index contributed by atoms with van der Waals surface area (Å²) in [5, 5.41) is 9.82. The molecular weight excluding hydrogens is 284 g/mol. The van der Waals surface area contributed by atoms with Crippen LogP contribution in [0.2, 0.25) is 0 Å². The van der Waals surface area contributed by atoms with Crippen LogP contribution in [0.25, 0.3) is 10.6 Å². The maximum Gasteiger partial charge on any atom is 0.231 e. The lowest BCUT2D eigenvalue weighted by molar-refractivity contribution is -0.123. The van der Waals surface area contributed by atoms with Gasteiger partial charge in [-0.1, -0.05) is 30.6 Å². The van der Waals surface area contributed by atoms with Gasteiger partial charge in [-0.05, 0) is 25.0 Å². The first-order chi connectivity index (χ1) is 10.3. The molecule has 1 saturated carbocycles. The summed E-state index contributed by atoms with van der Waals surface area (Å²) in [6.45, 7) is 0. The fourth-order valence-corrected chi connectivity index (χ4v) is 3.50. The Morgan fingerprint density at radius 3 is 2.62 bits per heavy atom. The molecule has 0 spiro atoms. The van der Waals surface area contributed by atoms with E-state index in [9.17, 15) is 4.79 Å². The summed E-state index contributed by atoms with van der Waals surface area (Å²) in [4.78, 5) is 18.2. The lowest BCUT2D eigenvalue weighted by Gasteiger charge is -2.24. The Kier molecular flexibility index (Phi) is 4.24. The fourth-order valence-electron chi connectivity index (χ4n) is 2.68. The summed E-state index contributed by atoms with van der Waals surface area (Å²) >= 11 is 1.44. The molecule has 0 atom stereocenters. The molecule has 0 unspecified atom stereocenters. The first-order valence-electron chi connectivity index (χ1n) is 7.27. The molecule has 110 valence electrons. The Bertz CT molecular complexity index is 607. The molecule has 2 aromatic heterocycles. The lowest BCUT2D eigenvalue weighted by Crippen LogP contribution is -2.33. The third kappa shape index (κ3) is 3.10. The van der Waals surface area contributed by atoms with Crippen molar-refractivity contribution in [2.24, 2.45) is 5.92 Å². The van der Waals surface area contributed by atoms with Crippen LogP contribution in [-0.4, -0.2) is 28.1 Å². The zero-order valence-corrected chi connectivity index (χ0v) is 12.8. The average Bonchev–Trinajstić information content (AvgIpc) is 3.05. The maximum absolute atomic E-state index is 12.5. The van der Waals surface area contributed by atoms with Crippen LogP contribution in [0, 0.1) is 5.92 Å². The van der Waals surface area contributed by atoms with E-state index in [-0.39, 0.29) is 11.8 Å². The molecule has 1 aliphatic carbocycles. The zero-order valence-electron chi connectivity index (χ0n) is 12.0. The molecule has 0 bridgehead atoms. The van der Waals surface area contributed by atoms with Crippen LogP contribution in [0.5, 0.6) is 0 Å². The minimum Gasteiger partial charge on any atom is -0.290 e. The van der Waals surface area contributed by atoms with E-state index in [0.717, 1.165) is 36.3 Å². The van der Waals surface area contributed by atoms with Crippen molar-refractivity contribution in [3.63, 3.8) is 0 Å². The van der Waals surface area contributed by atoms with Crippen molar-refractivity contribution in [1.82, 2.24) is 15.2 Å². The van der Waals surface area contributed by atoms with Crippen LogP contribution in [0.15, 0.2) is 24.5 Å². The molecule has 1 aliphatic rings. The Morgan fingerprint density at radius 2 is 1.90 bits per heavy atom. The number of anilines is 1. The summed E-state index contributed by atoms with van der Waals surface area (Å²) in [7, 11) is 1.80. The Morgan fingerprint density at radius 1 is 1.19 bits per heavy atom. The summed E-state index contributed by atoms with van der Waals surface area (Å²) in [5.74, 6) is 0.323. The summed E-state index contributed by atoms with van der Waals surface area (Å²) in [6, 6.07) is 3.79. The van der Waals surface area contributed by atoms with Crippen molar-refractivity contribution in [1.29, 1.82) is 0 Å². The Labute approximate surface area is 128 Å². The second kappa shape index (κ2) is 6.30. The molecule has 1 fully saturated rings. The van der Waals surface area contributed by atoms with E-state index in [0.29, 0.717) is 5.13 Å². The molecule has 5 nitrogen and oxygen atoms in total. The number of hydrogen-bond donors (Lipinski definition) is 0. The monoisotopic (exact) mass is 302 g/mol. The van der Waals surface area contributed by atoms with Gasteiger partial charge in [-0.3, -0.25) is 14.7 Å². The zero-order chi connectivity index (χ0) is 14.7. The molecule has 21 heavy (non-hydrogen) atoms. The number of rotatable bonds is 3. The van der Waals surface area contributed by atoms with Gasteiger partial charge >= 0.3 is 0 Å². The van der Waals surface area contributed by atoms with Crippen LogP contribution >= 0.6 is 11.3 Å². The number of amides is 1. The minimum atomic E-state index is 0.150. The first-order valence-corrected chi connectivity index (χ1v) is 8.09. The van der Waals surface area contributed by atoms with Crippen molar-refractivity contribution in [3.05, 3.63) is 24.5 Å². The summed E-state index contributed by atoms with van der Waals surface area (Å²) < 4.78 is 0. The molecule has 0 aliphatic heterocycles. The van der Waals surface area contributed by atoms with Gasteiger partial charge < -0.3 is 0 Å². The second-order valence-electron chi connectivity index (χ2n) is 5.36. The van der Waals surface area contributed by atoms with E-state index in [1.54, 1.807) is 24.3 Å². The Hall–Kier alpha value is -1.82.